The Morgan fingerprint density at radius 1 is 1.57 bits per heavy atom. The fraction of sp³-hybridized carbons (Fsp3) is 0.400. The van der Waals surface area contributed by atoms with E-state index >= 15 is 0 Å². The normalized spacial score (nSPS) is 18.1. The molecule has 1 fully saturated rings. The number of carboxylic acids is 1. The van der Waals surface area contributed by atoms with E-state index < -0.39 is 5.97 Å². The molecule has 1 heterocycles. The summed E-state index contributed by atoms with van der Waals surface area (Å²) in [6, 6.07) is 3.33. The molecule has 0 aliphatic carbocycles. The Morgan fingerprint density at radius 3 is 3.00 bits per heavy atom. The number of rotatable bonds is 6. The molecule has 5 nitrogen and oxygen atoms in total. The van der Waals surface area contributed by atoms with Crippen LogP contribution >= 0.6 is 11.6 Å². The minimum atomic E-state index is -1.02. The van der Waals surface area contributed by atoms with Crippen LogP contribution in [0.2, 0.25) is 5.02 Å². The van der Waals surface area contributed by atoms with Crippen molar-refractivity contribution >= 4 is 23.6 Å². The van der Waals surface area contributed by atoms with Gasteiger partial charge in [0.25, 0.3) is 0 Å². The minimum Gasteiger partial charge on any atom is -0.493 e. The number of halogens is 1. The average molecular weight is 313 g/mol. The van der Waals surface area contributed by atoms with Crippen LogP contribution in [0.4, 0.5) is 0 Å². The van der Waals surface area contributed by atoms with Crippen LogP contribution in [-0.2, 0) is 9.53 Å². The van der Waals surface area contributed by atoms with Crippen molar-refractivity contribution in [3.63, 3.8) is 0 Å². The summed E-state index contributed by atoms with van der Waals surface area (Å²) in [5, 5.41) is 9.03. The largest absolute Gasteiger partial charge is 0.493 e. The van der Waals surface area contributed by atoms with Gasteiger partial charge in [-0.05, 0) is 30.2 Å². The number of ether oxygens (including phenoxy) is 3. The zero-order valence-electron chi connectivity index (χ0n) is 11.7. The molecule has 1 N–H and O–H groups in total. The maximum absolute atomic E-state index is 10.5. The fourth-order valence-corrected chi connectivity index (χ4v) is 2.33. The zero-order chi connectivity index (χ0) is 15.2. The van der Waals surface area contributed by atoms with Crippen molar-refractivity contribution in [1.29, 1.82) is 0 Å². The molecule has 0 spiro atoms. The Balaban J connectivity index is 2.14. The van der Waals surface area contributed by atoms with Gasteiger partial charge in [-0.1, -0.05) is 11.6 Å². The van der Waals surface area contributed by atoms with Crippen LogP contribution in [0.1, 0.15) is 12.0 Å². The van der Waals surface area contributed by atoms with E-state index in [-0.39, 0.29) is 0 Å². The molecule has 1 aromatic carbocycles. The SMILES string of the molecule is COc1cc(C=CC(=O)O)cc(Cl)c1OCC1CCOC1. The first-order valence-electron chi connectivity index (χ1n) is 6.59. The highest BCUT2D eigenvalue weighted by Crippen LogP contribution is 2.37. The summed E-state index contributed by atoms with van der Waals surface area (Å²) in [5.41, 5.74) is 0.635. The van der Waals surface area contributed by atoms with Crippen molar-refractivity contribution < 1.29 is 24.1 Å². The second-order valence-electron chi connectivity index (χ2n) is 4.75. The molecule has 0 aromatic heterocycles. The number of hydrogen-bond acceptors (Lipinski definition) is 4. The van der Waals surface area contributed by atoms with E-state index in [1.165, 1.54) is 13.2 Å². The van der Waals surface area contributed by atoms with E-state index in [4.69, 9.17) is 30.9 Å². The van der Waals surface area contributed by atoms with Crippen molar-refractivity contribution in [2.24, 2.45) is 5.92 Å². The smallest absolute Gasteiger partial charge is 0.328 e. The molecule has 114 valence electrons. The predicted molar refractivity (Wildman–Crippen MR) is 79.1 cm³/mol. The van der Waals surface area contributed by atoms with Crippen molar-refractivity contribution in [1.82, 2.24) is 0 Å². The Kier molecular flexibility index (Phi) is 5.47. The Bertz CT molecular complexity index is 535. The Hall–Kier alpha value is -1.72. The third-order valence-corrected chi connectivity index (χ3v) is 3.44. The highest BCUT2D eigenvalue weighted by atomic mass is 35.5. The summed E-state index contributed by atoms with van der Waals surface area (Å²) in [5.74, 6) is 0.286. The molecular weight excluding hydrogens is 296 g/mol. The first-order chi connectivity index (χ1) is 10.1. The number of aliphatic carboxylic acids is 1. The maximum Gasteiger partial charge on any atom is 0.328 e. The van der Waals surface area contributed by atoms with Crippen LogP contribution in [0.3, 0.4) is 0 Å². The topological polar surface area (TPSA) is 65.0 Å². The molecule has 0 radical (unpaired) electrons. The van der Waals surface area contributed by atoms with Crippen molar-refractivity contribution in [2.75, 3.05) is 26.9 Å². The van der Waals surface area contributed by atoms with Gasteiger partial charge in [-0.3, -0.25) is 0 Å². The van der Waals surface area contributed by atoms with Crippen LogP contribution in [0.15, 0.2) is 18.2 Å². The summed E-state index contributed by atoms with van der Waals surface area (Å²) < 4.78 is 16.3. The van der Waals surface area contributed by atoms with E-state index in [1.54, 1.807) is 12.1 Å². The third-order valence-electron chi connectivity index (χ3n) is 3.16. The van der Waals surface area contributed by atoms with Crippen molar-refractivity contribution in [3.05, 3.63) is 28.8 Å². The van der Waals surface area contributed by atoms with Crippen LogP contribution < -0.4 is 9.47 Å². The van der Waals surface area contributed by atoms with E-state index in [9.17, 15) is 4.79 Å². The second-order valence-corrected chi connectivity index (χ2v) is 5.15. The molecular formula is C15H17ClO5. The monoisotopic (exact) mass is 312 g/mol. The van der Waals surface area contributed by atoms with E-state index in [0.29, 0.717) is 41.2 Å². The molecule has 0 amide bonds. The molecule has 1 saturated heterocycles. The maximum atomic E-state index is 10.5. The van der Waals surface area contributed by atoms with Gasteiger partial charge >= 0.3 is 5.97 Å². The minimum absolute atomic E-state index is 0.359. The number of benzene rings is 1. The van der Waals surface area contributed by atoms with Gasteiger partial charge in [0.05, 0.1) is 25.3 Å². The predicted octanol–water partition coefficient (Wildman–Crippen LogP) is 2.86. The molecule has 0 bridgehead atoms. The summed E-state index contributed by atoms with van der Waals surface area (Å²) in [4.78, 5) is 10.5. The number of carbonyl (C=O) groups is 1. The van der Waals surface area contributed by atoms with E-state index in [1.807, 2.05) is 0 Å². The van der Waals surface area contributed by atoms with Crippen LogP contribution in [0, 0.1) is 5.92 Å². The highest BCUT2D eigenvalue weighted by molar-refractivity contribution is 6.32. The van der Waals surface area contributed by atoms with E-state index in [0.717, 1.165) is 19.1 Å². The lowest BCUT2D eigenvalue weighted by atomic mass is 10.1. The molecule has 21 heavy (non-hydrogen) atoms. The third kappa shape index (κ3) is 4.37. The van der Waals surface area contributed by atoms with Gasteiger partial charge in [0.1, 0.15) is 0 Å². The summed E-state index contributed by atoms with van der Waals surface area (Å²) in [6.07, 6.45) is 3.46. The molecule has 1 aliphatic rings. The van der Waals surface area contributed by atoms with Crippen LogP contribution in [0.5, 0.6) is 11.5 Å². The first kappa shape index (κ1) is 15.7. The standard InChI is InChI=1S/C15H17ClO5/c1-19-13-7-10(2-3-14(17)18)6-12(16)15(13)21-9-11-4-5-20-8-11/h2-3,6-7,11H,4-5,8-9H2,1H3,(H,17,18). The number of methoxy groups -OCH3 is 1. The van der Waals surface area contributed by atoms with Crippen LogP contribution in [0.25, 0.3) is 6.08 Å². The summed E-state index contributed by atoms with van der Waals surface area (Å²) in [7, 11) is 1.52. The second kappa shape index (κ2) is 7.33. The van der Waals surface area contributed by atoms with Gasteiger partial charge in [0.15, 0.2) is 11.5 Å². The quantitative estimate of drug-likeness (QED) is 0.818. The van der Waals surface area contributed by atoms with Crippen molar-refractivity contribution in [2.45, 2.75) is 6.42 Å². The fourth-order valence-electron chi connectivity index (χ4n) is 2.06. The van der Waals surface area contributed by atoms with Gasteiger partial charge in [-0.2, -0.15) is 0 Å². The molecule has 6 heteroatoms. The van der Waals surface area contributed by atoms with Gasteiger partial charge in [-0.15, -0.1) is 0 Å². The zero-order valence-corrected chi connectivity index (χ0v) is 12.4. The molecule has 1 aromatic rings. The molecule has 2 rings (SSSR count). The lowest BCUT2D eigenvalue weighted by molar-refractivity contribution is -0.131. The molecule has 0 saturated carbocycles. The first-order valence-corrected chi connectivity index (χ1v) is 6.97. The lowest BCUT2D eigenvalue weighted by Gasteiger charge is -2.15. The number of hydrogen-bond donors (Lipinski definition) is 1. The van der Waals surface area contributed by atoms with E-state index in [2.05, 4.69) is 0 Å². The molecule has 1 aliphatic heterocycles. The number of carboxylic acid groups (broad SMARTS) is 1. The molecule has 1 atom stereocenters. The Morgan fingerprint density at radius 2 is 2.38 bits per heavy atom. The highest BCUT2D eigenvalue weighted by Gasteiger charge is 2.18. The Labute approximate surface area is 128 Å². The summed E-state index contributed by atoms with van der Waals surface area (Å²) in [6.45, 7) is 1.97. The van der Waals surface area contributed by atoms with Gasteiger partial charge in [0.2, 0.25) is 0 Å². The van der Waals surface area contributed by atoms with Gasteiger partial charge < -0.3 is 19.3 Å². The summed E-state index contributed by atoms with van der Waals surface area (Å²) >= 11 is 6.20. The van der Waals surface area contributed by atoms with Crippen LogP contribution in [-0.4, -0.2) is 38.0 Å². The average Bonchev–Trinajstić information content (AvgIpc) is 2.96. The molecule has 1 unspecified atom stereocenters. The van der Waals surface area contributed by atoms with Crippen molar-refractivity contribution in [3.8, 4) is 11.5 Å². The lowest BCUT2D eigenvalue weighted by Crippen LogP contribution is -2.12. The van der Waals surface area contributed by atoms with Gasteiger partial charge in [0, 0.05) is 18.6 Å². The van der Waals surface area contributed by atoms with Gasteiger partial charge in [-0.25, -0.2) is 4.79 Å².